The second-order valence-corrected chi connectivity index (χ2v) is 5.70. The Morgan fingerprint density at radius 3 is 3.18 bits per heavy atom. The zero-order valence-electron chi connectivity index (χ0n) is 9.50. The summed E-state index contributed by atoms with van der Waals surface area (Å²) in [6.45, 7) is 2.97. The molecule has 0 spiro atoms. The number of nitrogens with zero attached hydrogens (tertiary/aromatic N) is 2. The molecule has 2 fully saturated rings. The van der Waals surface area contributed by atoms with Gasteiger partial charge in [-0.15, -0.1) is 0 Å². The molecule has 4 rings (SSSR count). The molecule has 2 aromatic rings. The molecule has 1 aromatic heterocycles. The highest BCUT2D eigenvalue weighted by Gasteiger charge is 2.39. The third kappa shape index (κ3) is 1.59. The Labute approximate surface area is 104 Å². The topological polar surface area (TPSA) is 25.4 Å². The summed E-state index contributed by atoms with van der Waals surface area (Å²) in [5.41, 5.74) is 1.23. The highest BCUT2D eigenvalue weighted by molar-refractivity contribution is 7.13. The number of likely N-dealkylation sites (tertiary alicyclic amines) is 1. The Kier molecular flexibility index (Phi) is 2.21. The number of fused-ring (bicyclic) bond motifs is 3. The second kappa shape index (κ2) is 3.77. The predicted molar refractivity (Wildman–Crippen MR) is 68.2 cm³/mol. The molecule has 2 bridgehead atoms. The smallest absolute Gasteiger partial charge is 0.0761 e. The van der Waals surface area contributed by atoms with Crippen molar-refractivity contribution in [3.8, 4) is 0 Å². The number of hydrogen-bond donors (Lipinski definition) is 0. The molecule has 2 saturated heterocycles. The molecule has 3 heterocycles. The van der Waals surface area contributed by atoms with Crippen molar-refractivity contribution in [2.75, 3.05) is 13.2 Å². The van der Waals surface area contributed by atoms with E-state index < -0.39 is 0 Å². The number of ether oxygens (including phenoxy) is 1. The Balaban J connectivity index is 1.63. The Hall–Kier alpha value is -0.970. The van der Waals surface area contributed by atoms with Gasteiger partial charge in [-0.05, 0) is 24.0 Å². The van der Waals surface area contributed by atoms with Gasteiger partial charge in [-0.3, -0.25) is 4.90 Å². The van der Waals surface area contributed by atoms with E-state index in [-0.39, 0.29) is 0 Å². The molecule has 0 unspecified atom stereocenters. The van der Waals surface area contributed by atoms with Gasteiger partial charge < -0.3 is 4.74 Å². The van der Waals surface area contributed by atoms with Crippen LogP contribution in [0.25, 0.3) is 10.1 Å². The lowest BCUT2D eigenvalue weighted by Gasteiger charge is -2.25. The van der Waals surface area contributed by atoms with E-state index in [1.807, 2.05) is 0 Å². The van der Waals surface area contributed by atoms with E-state index in [9.17, 15) is 0 Å². The lowest BCUT2D eigenvalue weighted by atomic mass is 10.2. The van der Waals surface area contributed by atoms with Gasteiger partial charge in [-0.1, -0.05) is 18.2 Å². The molecule has 3 nitrogen and oxygen atoms in total. The lowest BCUT2D eigenvalue weighted by Crippen LogP contribution is -2.36. The second-order valence-electron chi connectivity index (χ2n) is 4.90. The predicted octanol–water partition coefficient (Wildman–Crippen LogP) is 2.27. The SMILES string of the molecule is c1ccc2c(CN3C[C@H]4C[C@@H]3CO4)nsc2c1. The summed E-state index contributed by atoms with van der Waals surface area (Å²) < 4.78 is 11.5. The van der Waals surface area contributed by atoms with Crippen LogP contribution in [-0.2, 0) is 11.3 Å². The van der Waals surface area contributed by atoms with Gasteiger partial charge >= 0.3 is 0 Å². The van der Waals surface area contributed by atoms with Gasteiger partial charge in [0.15, 0.2) is 0 Å². The van der Waals surface area contributed by atoms with Crippen molar-refractivity contribution >= 4 is 21.6 Å². The molecule has 0 amide bonds. The Bertz CT molecular complexity index is 553. The maximum absolute atomic E-state index is 5.63. The standard InChI is InChI=1S/C13H14N2OS/c1-2-4-13-11(3-1)12(14-17-13)7-15-6-10-5-9(15)8-16-10/h1-4,9-10H,5-8H2/t9-,10-/m1/s1. The Morgan fingerprint density at radius 2 is 2.35 bits per heavy atom. The van der Waals surface area contributed by atoms with Gasteiger partial charge in [0.25, 0.3) is 0 Å². The van der Waals surface area contributed by atoms with Crippen LogP contribution in [0.5, 0.6) is 0 Å². The quantitative estimate of drug-likeness (QED) is 0.813. The third-order valence-electron chi connectivity index (χ3n) is 3.82. The minimum absolute atomic E-state index is 0.477. The zero-order valence-corrected chi connectivity index (χ0v) is 10.3. The van der Waals surface area contributed by atoms with Gasteiger partial charge in [-0.2, -0.15) is 4.37 Å². The third-order valence-corrected chi connectivity index (χ3v) is 4.68. The largest absolute Gasteiger partial charge is 0.375 e. The average Bonchev–Trinajstić information content (AvgIpc) is 3.05. The molecule has 17 heavy (non-hydrogen) atoms. The normalized spacial score (nSPS) is 28.2. The van der Waals surface area contributed by atoms with Gasteiger partial charge in [0.05, 0.1) is 23.1 Å². The molecule has 2 aliphatic rings. The van der Waals surface area contributed by atoms with E-state index in [1.165, 1.54) is 22.2 Å². The van der Waals surface area contributed by atoms with E-state index in [4.69, 9.17) is 4.74 Å². The van der Waals surface area contributed by atoms with E-state index >= 15 is 0 Å². The molecule has 0 saturated carbocycles. The molecular weight excluding hydrogens is 232 g/mol. The van der Waals surface area contributed by atoms with Crippen molar-refractivity contribution in [1.82, 2.24) is 9.27 Å². The van der Waals surface area contributed by atoms with Gasteiger partial charge in [0, 0.05) is 24.5 Å². The van der Waals surface area contributed by atoms with E-state index in [1.54, 1.807) is 11.5 Å². The number of hydrogen-bond acceptors (Lipinski definition) is 4. The lowest BCUT2D eigenvalue weighted by molar-refractivity contribution is 0.0271. The van der Waals surface area contributed by atoms with Crippen LogP contribution in [0.4, 0.5) is 0 Å². The molecule has 2 aliphatic heterocycles. The van der Waals surface area contributed by atoms with E-state index in [0.29, 0.717) is 12.1 Å². The molecule has 1 aromatic carbocycles. The monoisotopic (exact) mass is 246 g/mol. The fraction of sp³-hybridized carbons (Fsp3) is 0.462. The van der Waals surface area contributed by atoms with Crippen molar-refractivity contribution in [2.45, 2.75) is 25.1 Å². The van der Waals surface area contributed by atoms with Crippen LogP contribution in [0, 0.1) is 0 Å². The Morgan fingerprint density at radius 1 is 1.41 bits per heavy atom. The van der Waals surface area contributed by atoms with E-state index in [0.717, 1.165) is 19.7 Å². The van der Waals surface area contributed by atoms with Crippen molar-refractivity contribution in [2.24, 2.45) is 0 Å². The summed E-state index contributed by atoms with van der Waals surface area (Å²) in [4.78, 5) is 2.52. The highest BCUT2D eigenvalue weighted by Crippen LogP contribution is 2.31. The maximum atomic E-state index is 5.63. The molecule has 4 heteroatoms. The van der Waals surface area contributed by atoms with Crippen molar-refractivity contribution in [3.63, 3.8) is 0 Å². The zero-order chi connectivity index (χ0) is 11.2. The highest BCUT2D eigenvalue weighted by atomic mass is 32.1. The first-order valence-corrected chi connectivity index (χ1v) is 6.86. The fourth-order valence-corrected chi connectivity index (χ4v) is 3.71. The van der Waals surface area contributed by atoms with Crippen molar-refractivity contribution in [3.05, 3.63) is 30.0 Å². The van der Waals surface area contributed by atoms with Crippen molar-refractivity contribution < 1.29 is 4.74 Å². The number of benzene rings is 1. The average molecular weight is 246 g/mol. The van der Waals surface area contributed by atoms with Gasteiger partial charge in [0.2, 0.25) is 0 Å². The van der Waals surface area contributed by atoms with Crippen LogP contribution >= 0.6 is 11.5 Å². The summed E-state index contributed by atoms with van der Waals surface area (Å²) in [6, 6.07) is 9.13. The van der Waals surface area contributed by atoms with Crippen molar-refractivity contribution in [1.29, 1.82) is 0 Å². The first kappa shape index (κ1) is 10.00. The van der Waals surface area contributed by atoms with Crippen LogP contribution in [0.15, 0.2) is 24.3 Å². The van der Waals surface area contributed by atoms with Crippen LogP contribution in [0.1, 0.15) is 12.1 Å². The summed E-state index contributed by atoms with van der Waals surface area (Å²) >= 11 is 1.61. The molecular formula is C13H14N2OS. The summed E-state index contributed by atoms with van der Waals surface area (Å²) in [6.07, 6.45) is 1.69. The maximum Gasteiger partial charge on any atom is 0.0761 e. The summed E-state index contributed by atoms with van der Waals surface area (Å²) in [7, 11) is 0. The molecule has 0 N–H and O–H groups in total. The van der Waals surface area contributed by atoms with E-state index in [2.05, 4.69) is 33.5 Å². The molecule has 2 atom stereocenters. The van der Waals surface area contributed by atoms with Crippen LogP contribution in [0.2, 0.25) is 0 Å². The van der Waals surface area contributed by atoms with Crippen LogP contribution < -0.4 is 0 Å². The van der Waals surface area contributed by atoms with Gasteiger partial charge in [-0.25, -0.2) is 0 Å². The first-order chi connectivity index (χ1) is 8.40. The number of aromatic nitrogens is 1. The number of morpholine rings is 1. The van der Waals surface area contributed by atoms with Crippen LogP contribution in [-0.4, -0.2) is 34.6 Å². The number of rotatable bonds is 2. The van der Waals surface area contributed by atoms with Gasteiger partial charge in [0.1, 0.15) is 0 Å². The summed E-state index contributed by atoms with van der Waals surface area (Å²) in [5, 5.41) is 1.32. The molecule has 0 aliphatic carbocycles. The minimum atomic E-state index is 0.477. The summed E-state index contributed by atoms with van der Waals surface area (Å²) in [5.74, 6) is 0. The molecule has 88 valence electrons. The fourth-order valence-electron chi connectivity index (χ4n) is 2.92. The minimum Gasteiger partial charge on any atom is -0.375 e. The first-order valence-electron chi connectivity index (χ1n) is 6.09. The molecule has 0 radical (unpaired) electrons. The van der Waals surface area contributed by atoms with Crippen LogP contribution in [0.3, 0.4) is 0 Å².